The Balaban J connectivity index is 1.24. The average molecular weight is 500 g/mol. The summed E-state index contributed by atoms with van der Waals surface area (Å²) >= 11 is 0. The number of ether oxygens (including phenoxy) is 2. The molecule has 2 aliphatic heterocycles. The molecule has 3 aromatic rings. The maximum absolute atomic E-state index is 9.71. The van der Waals surface area contributed by atoms with E-state index in [9.17, 15) is 5.26 Å². The molecule has 4 heterocycles. The van der Waals surface area contributed by atoms with Crippen molar-refractivity contribution >= 4 is 11.6 Å². The molecule has 0 amide bonds. The van der Waals surface area contributed by atoms with E-state index >= 15 is 0 Å². The highest BCUT2D eigenvalue weighted by atomic mass is 16.5. The van der Waals surface area contributed by atoms with Gasteiger partial charge in [-0.05, 0) is 57.4 Å². The molecule has 2 fully saturated rings. The summed E-state index contributed by atoms with van der Waals surface area (Å²) in [7, 11) is 4.26. The second-order valence-electron chi connectivity index (χ2n) is 9.86. The summed E-state index contributed by atoms with van der Waals surface area (Å²) in [6.45, 7) is 5.70. The minimum absolute atomic E-state index is 0.0745. The lowest BCUT2D eigenvalue weighted by molar-refractivity contribution is 0.0254. The predicted octanol–water partition coefficient (Wildman–Crippen LogP) is 4.02. The van der Waals surface area contributed by atoms with Gasteiger partial charge in [-0.3, -0.25) is 9.88 Å². The SMILES string of the molecule is CC(c1ccc(Nc2nccc(-c3ccc(OC4CCOCC4)c(C#N)c3)n2)cn1)N1CC(N(C)C)C1. The van der Waals surface area contributed by atoms with Gasteiger partial charge in [0.2, 0.25) is 5.95 Å². The van der Waals surface area contributed by atoms with Gasteiger partial charge in [0, 0.05) is 49.8 Å². The van der Waals surface area contributed by atoms with Gasteiger partial charge >= 0.3 is 0 Å². The van der Waals surface area contributed by atoms with Crippen LogP contribution in [0.15, 0.2) is 48.8 Å². The summed E-state index contributed by atoms with van der Waals surface area (Å²) in [5, 5.41) is 13.0. The number of nitriles is 1. The Labute approximate surface area is 218 Å². The number of anilines is 2. The van der Waals surface area contributed by atoms with Crippen LogP contribution >= 0.6 is 0 Å². The van der Waals surface area contributed by atoms with Crippen LogP contribution in [0.3, 0.4) is 0 Å². The van der Waals surface area contributed by atoms with E-state index in [2.05, 4.69) is 63.2 Å². The Morgan fingerprint density at radius 2 is 1.95 bits per heavy atom. The van der Waals surface area contributed by atoms with Crippen molar-refractivity contribution in [1.29, 1.82) is 5.26 Å². The summed E-state index contributed by atoms with van der Waals surface area (Å²) in [5.41, 5.74) is 3.91. The van der Waals surface area contributed by atoms with Crippen molar-refractivity contribution in [3.05, 3.63) is 60.0 Å². The van der Waals surface area contributed by atoms with E-state index in [1.165, 1.54) is 0 Å². The summed E-state index contributed by atoms with van der Waals surface area (Å²) in [6, 6.07) is 14.6. The van der Waals surface area contributed by atoms with Crippen LogP contribution in [-0.4, -0.2) is 77.3 Å². The molecule has 192 valence electrons. The van der Waals surface area contributed by atoms with Crippen molar-refractivity contribution in [1.82, 2.24) is 24.8 Å². The molecule has 2 aromatic heterocycles. The number of likely N-dealkylation sites (tertiary alicyclic amines) is 1. The molecule has 5 rings (SSSR count). The molecule has 1 aromatic carbocycles. The largest absolute Gasteiger partial charge is 0.489 e. The minimum Gasteiger partial charge on any atom is -0.489 e. The van der Waals surface area contributed by atoms with Gasteiger partial charge in [-0.1, -0.05) is 0 Å². The second-order valence-corrected chi connectivity index (χ2v) is 9.86. The van der Waals surface area contributed by atoms with Gasteiger partial charge < -0.3 is 19.7 Å². The molecule has 9 heteroatoms. The summed E-state index contributed by atoms with van der Waals surface area (Å²) in [6.07, 6.45) is 5.26. The van der Waals surface area contributed by atoms with Gasteiger partial charge in [0.25, 0.3) is 0 Å². The fourth-order valence-corrected chi connectivity index (χ4v) is 4.61. The highest BCUT2D eigenvalue weighted by Gasteiger charge is 2.32. The van der Waals surface area contributed by atoms with Crippen molar-refractivity contribution in [2.45, 2.75) is 38.0 Å². The first-order valence-corrected chi connectivity index (χ1v) is 12.8. The molecule has 0 radical (unpaired) electrons. The first-order valence-electron chi connectivity index (χ1n) is 12.8. The van der Waals surface area contributed by atoms with E-state index < -0.39 is 0 Å². The standard InChI is InChI=1S/C28H33N7O2/c1-19(35-17-23(18-35)34(2)3)25-6-5-22(16-31-25)32-28-30-11-8-26(33-28)20-4-7-27(21(14-20)15-29)37-24-9-12-36-13-10-24/h4-8,11,14,16,19,23-24H,9-10,12-13,17-18H2,1-3H3,(H,30,32,33). The van der Waals surface area contributed by atoms with Gasteiger partial charge in [0.05, 0.1) is 42.0 Å². The number of benzene rings is 1. The normalized spacial score (nSPS) is 17.7. The van der Waals surface area contributed by atoms with Crippen LogP contribution < -0.4 is 10.1 Å². The average Bonchev–Trinajstić information content (AvgIpc) is 2.89. The Morgan fingerprint density at radius 1 is 1.14 bits per heavy atom. The van der Waals surface area contributed by atoms with Crippen LogP contribution in [-0.2, 0) is 4.74 Å². The molecule has 0 saturated carbocycles. The second kappa shape index (κ2) is 11.2. The number of likely N-dealkylation sites (N-methyl/N-ethyl adjacent to an activating group) is 1. The van der Waals surface area contributed by atoms with Crippen LogP contribution in [0.25, 0.3) is 11.3 Å². The van der Waals surface area contributed by atoms with Gasteiger partial charge in [-0.15, -0.1) is 0 Å². The Morgan fingerprint density at radius 3 is 2.65 bits per heavy atom. The molecule has 0 spiro atoms. The quantitative estimate of drug-likeness (QED) is 0.493. The van der Waals surface area contributed by atoms with E-state index in [-0.39, 0.29) is 12.1 Å². The lowest BCUT2D eigenvalue weighted by atomic mass is 10.0. The highest BCUT2D eigenvalue weighted by Crippen LogP contribution is 2.29. The van der Waals surface area contributed by atoms with E-state index in [1.54, 1.807) is 6.20 Å². The molecule has 37 heavy (non-hydrogen) atoms. The van der Waals surface area contributed by atoms with Crippen molar-refractivity contribution < 1.29 is 9.47 Å². The third-order valence-corrected chi connectivity index (χ3v) is 7.15. The van der Waals surface area contributed by atoms with Gasteiger partial charge in [0.15, 0.2) is 0 Å². The Kier molecular flexibility index (Phi) is 7.60. The smallest absolute Gasteiger partial charge is 0.227 e. The zero-order valence-corrected chi connectivity index (χ0v) is 21.6. The molecule has 2 saturated heterocycles. The van der Waals surface area contributed by atoms with Crippen LogP contribution in [0.5, 0.6) is 5.75 Å². The molecule has 1 unspecified atom stereocenters. The van der Waals surface area contributed by atoms with Crippen molar-refractivity contribution in [2.75, 3.05) is 45.7 Å². The number of hydrogen-bond acceptors (Lipinski definition) is 9. The summed E-state index contributed by atoms with van der Waals surface area (Å²) in [4.78, 5) is 18.4. The first-order chi connectivity index (χ1) is 18.0. The summed E-state index contributed by atoms with van der Waals surface area (Å²) < 4.78 is 11.5. The highest BCUT2D eigenvalue weighted by molar-refractivity contribution is 5.65. The lowest BCUT2D eigenvalue weighted by Gasteiger charge is -2.45. The molecule has 0 aliphatic carbocycles. The molecular weight excluding hydrogens is 466 g/mol. The number of pyridine rings is 1. The van der Waals surface area contributed by atoms with Gasteiger partial charge in [-0.2, -0.15) is 5.26 Å². The number of hydrogen-bond donors (Lipinski definition) is 1. The fourth-order valence-electron chi connectivity index (χ4n) is 4.61. The van der Waals surface area contributed by atoms with Crippen molar-refractivity contribution in [2.24, 2.45) is 0 Å². The number of nitrogens with zero attached hydrogens (tertiary/aromatic N) is 6. The van der Waals surface area contributed by atoms with E-state index in [0.29, 0.717) is 36.5 Å². The minimum atomic E-state index is 0.0745. The van der Waals surface area contributed by atoms with E-state index in [0.717, 1.165) is 48.6 Å². The van der Waals surface area contributed by atoms with Crippen LogP contribution in [0, 0.1) is 11.3 Å². The molecule has 9 nitrogen and oxygen atoms in total. The van der Waals surface area contributed by atoms with E-state index in [1.807, 2.05) is 36.5 Å². The molecule has 1 N–H and O–H groups in total. The molecular formula is C28H33N7O2. The zero-order valence-electron chi connectivity index (χ0n) is 21.6. The zero-order chi connectivity index (χ0) is 25.8. The third kappa shape index (κ3) is 5.88. The molecule has 2 aliphatic rings. The number of rotatable bonds is 8. The maximum Gasteiger partial charge on any atom is 0.227 e. The van der Waals surface area contributed by atoms with Gasteiger partial charge in [0.1, 0.15) is 17.9 Å². The topological polar surface area (TPSA) is 99.4 Å². The Hall–Kier alpha value is -3.58. The first kappa shape index (κ1) is 25.1. The van der Waals surface area contributed by atoms with Gasteiger partial charge in [-0.25, -0.2) is 9.97 Å². The molecule has 0 bridgehead atoms. The monoisotopic (exact) mass is 499 g/mol. The maximum atomic E-state index is 9.71. The van der Waals surface area contributed by atoms with Crippen LogP contribution in [0.1, 0.15) is 37.1 Å². The van der Waals surface area contributed by atoms with Crippen LogP contribution in [0.2, 0.25) is 0 Å². The third-order valence-electron chi connectivity index (χ3n) is 7.15. The number of nitrogens with one attached hydrogen (secondary N) is 1. The lowest BCUT2D eigenvalue weighted by Crippen LogP contribution is -2.57. The summed E-state index contributed by atoms with van der Waals surface area (Å²) in [5.74, 6) is 1.07. The fraction of sp³-hybridized carbons (Fsp3) is 0.429. The predicted molar refractivity (Wildman–Crippen MR) is 142 cm³/mol. The Bertz CT molecular complexity index is 1250. The van der Waals surface area contributed by atoms with Crippen molar-refractivity contribution in [3.63, 3.8) is 0 Å². The number of aromatic nitrogens is 3. The molecule has 1 atom stereocenters. The van der Waals surface area contributed by atoms with Crippen LogP contribution in [0.4, 0.5) is 11.6 Å². The van der Waals surface area contributed by atoms with Crippen molar-refractivity contribution in [3.8, 4) is 23.1 Å². The van der Waals surface area contributed by atoms with E-state index in [4.69, 9.17) is 9.47 Å².